The van der Waals surface area contributed by atoms with Gasteiger partial charge in [0, 0.05) is 28.3 Å². The Balaban J connectivity index is 1.69. The monoisotopic (exact) mass is 384 g/mol. The van der Waals surface area contributed by atoms with E-state index in [0.29, 0.717) is 12.0 Å². The number of hydrogen-bond donors (Lipinski definition) is 0. The highest BCUT2D eigenvalue weighted by atomic mass is 127. The molecule has 1 aromatic carbocycles. The first-order valence-electron chi connectivity index (χ1n) is 7.40. The summed E-state index contributed by atoms with van der Waals surface area (Å²) in [7, 11) is 2.23. The zero-order valence-corrected chi connectivity index (χ0v) is 14.0. The number of likely N-dealkylation sites (tertiary alicyclic amines) is 2. The van der Waals surface area contributed by atoms with Crippen molar-refractivity contribution in [3.63, 3.8) is 0 Å². The predicted octanol–water partition coefficient (Wildman–Crippen LogP) is 2.85. The maximum absolute atomic E-state index is 12.6. The van der Waals surface area contributed by atoms with Crippen LogP contribution in [0.5, 0.6) is 0 Å². The minimum absolute atomic E-state index is 0.202. The number of fused-ring (bicyclic) bond motifs is 1. The summed E-state index contributed by atoms with van der Waals surface area (Å²) >= 11 is 2.27. The minimum atomic E-state index is 0.202. The molecule has 2 saturated heterocycles. The third-order valence-electron chi connectivity index (χ3n) is 4.72. The van der Waals surface area contributed by atoms with Crippen LogP contribution in [0.15, 0.2) is 24.3 Å². The van der Waals surface area contributed by atoms with Crippen molar-refractivity contribution >= 4 is 28.5 Å². The molecule has 2 fully saturated rings. The van der Waals surface area contributed by atoms with Gasteiger partial charge in [0.15, 0.2) is 0 Å². The summed E-state index contributed by atoms with van der Waals surface area (Å²) in [5, 5.41) is 0. The van der Waals surface area contributed by atoms with Crippen molar-refractivity contribution < 1.29 is 4.79 Å². The van der Waals surface area contributed by atoms with Crippen LogP contribution in [0.25, 0.3) is 0 Å². The molecule has 2 aliphatic heterocycles. The van der Waals surface area contributed by atoms with E-state index in [4.69, 9.17) is 0 Å². The first kappa shape index (κ1) is 14.3. The topological polar surface area (TPSA) is 23.6 Å². The molecule has 20 heavy (non-hydrogen) atoms. The van der Waals surface area contributed by atoms with Crippen LogP contribution in [-0.4, -0.2) is 48.4 Å². The molecular weight excluding hydrogens is 363 g/mol. The Kier molecular flexibility index (Phi) is 4.31. The van der Waals surface area contributed by atoms with Crippen LogP contribution in [0.3, 0.4) is 0 Å². The second-order valence-electron chi connectivity index (χ2n) is 6.00. The highest BCUT2D eigenvalue weighted by Crippen LogP contribution is 2.30. The average molecular weight is 384 g/mol. The molecule has 2 aliphatic rings. The highest BCUT2D eigenvalue weighted by Gasteiger charge is 2.35. The molecule has 0 radical (unpaired) electrons. The van der Waals surface area contributed by atoms with Gasteiger partial charge < -0.3 is 9.80 Å². The maximum atomic E-state index is 12.6. The largest absolute Gasteiger partial charge is 0.338 e. The van der Waals surface area contributed by atoms with Crippen LogP contribution < -0.4 is 0 Å². The molecule has 0 N–H and O–H groups in total. The first-order chi connectivity index (χ1) is 9.65. The smallest absolute Gasteiger partial charge is 0.253 e. The standard InChI is InChI=1S/C16H21IN2O/c1-18-9-2-3-13-11-19(10-8-15(13)18)16(20)12-4-6-14(17)7-5-12/h4-7,13,15H,2-3,8-11H2,1H3. The zero-order chi connectivity index (χ0) is 14.1. The van der Waals surface area contributed by atoms with Crippen LogP contribution in [-0.2, 0) is 0 Å². The van der Waals surface area contributed by atoms with E-state index < -0.39 is 0 Å². The molecule has 3 rings (SSSR count). The molecule has 1 aromatic rings. The zero-order valence-electron chi connectivity index (χ0n) is 11.9. The Hall–Kier alpha value is -0.620. The number of hydrogen-bond acceptors (Lipinski definition) is 2. The number of amides is 1. The Morgan fingerprint density at radius 3 is 2.70 bits per heavy atom. The second-order valence-corrected chi connectivity index (χ2v) is 7.24. The van der Waals surface area contributed by atoms with Gasteiger partial charge in [0.1, 0.15) is 0 Å². The van der Waals surface area contributed by atoms with Gasteiger partial charge in [-0.25, -0.2) is 0 Å². The fourth-order valence-electron chi connectivity index (χ4n) is 3.61. The van der Waals surface area contributed by atoms with Gasteiger partial charge in [0.05, 0.1) is 0 Å². The van der Waals surface area contributed by atoms with Crippen molar-refractivity contribution in [2.75, 3.05) is 26.7 Å². The quantitative estimate of drug-likeness (QED) is 0.696. The molecule has 2 unspecified atom stereocenters. The van der Waals surface area contributed by atoms with Crippen molar-refractivity contribution in [3.8, 4) is 0 Å². The molecular formula is C16H21IN2O. The van der Waals surface area contributed by atoms with Gasteiger partial charge in [-0.05, 0) is 85.6 Å². The summed E-state index contributed by atoms with van der Waals surface area (Å²) < 4.78 is 1.17. The molecule has 0 aliphatic carbocycles. The summed E-state index contributed by atoms with van der Waals surface area (Å²) in [6, 6.07) is 8.60. The molecule has 0 saturated carbocycles. The van der Waals surface area contributed by atoms with E-state index in [-0.39, 0.29) is 5.91 Å². The summed E-state index contributed by atoms with van der Waals surface area (Å²) in [5.74, 6) is 0.864. The first-order valence-corrected chi connectivity index (χ1v) is 8.48. The number of benzene rings is 1. The fraction of sp³-hybridized carbons (Fsp3) is 0.562. The molecule has 3 nitrogen and oxygen atoms in total. The third kappa shape index (κ3) is 2.86. The Morgan fingerprint density at radius 1 is 1.20 bits per heavy atom. The Labute approximate surface area is 134 Å². The van der Waals surface area contributed by atoms with E-state index in [2.05, 4.69) is 39.4 Å². The molecule has 0 bridgehead atoms. The van der Waals surface area contributed by atoms with Gasteiger partial charge in [-0.1, -0.05) is 0 Å². The second kappa shape index (κ2) is 6.02. The van der Waals surface area contributed by atoms with Crippen LogP contribution in [0, 0.1) is 9.49 Å². The summed E-state index contributed by atoms with van der Waals surface area (Å²) in [6.07, 6.45) is 3.66. The van der Waals surface area contributed by atoms with Crippen LogP contribution >= 0.6 is 22.6 Å². The fourth-order valence-corrected chi connectivity index (χ4v) is 3.97. The predicted molar refractivity (Wildman–Crippen MR) is 88.8 cm³/mol. The highest BCUT2D eigenvalue weighted by molar-refractivity contribution is 14.1. The van der Waals surface area contributed by atoms with Crippen molar-refractivity contribution in [1.82, 2.24) is 9.80 Å². The molecule has 1 amide bonds. The van der Waals surface area contributed by atoms with E-state index in [0.717, 1.165) is 25.1 Å². The van der Waals surface area contributed by atoms with Crippen molar-refractivity contribution in [2.45, 2.75) is 25.3 Å². The average Bonchev–Trinajstić information content (AvgIpc) is 2.47. The lowest BCUT2D eigenvalue weighted by atomic mass is 9.84. The molecule has 108 valence electrons. The number of nitrogens with zero attached hydrogens (tertiary/aromatic N) is 2. The molecule has 2 heterocycles. The number of carbonyl (C=O) groups excluding carboxylic acids is 1. The molecule has 0 spiro atoms. The lowest BCUT2D eigenvalue weighted by Crippen LogP contribution is -2.53. The van der Waals surface area contributed by atoms with E-state index in [9.17, 15) is 4.79 Å². The van der Waals surface area contributed by atoms with Crippen molar-refractivity contribution in [1.29, 1.82) is 0 Å². The number of rotatable bonds is 1. The SMILES string of the molecule is CN1CCCC2CN(C(=O)c3ccc(I)cc3)CCC21. The normalized spacial score (nSPS) is 27.2. The maximum Gasteiger partial charge on any atom is 0.253 e. The summed E-state index contributed by atoms with van der Waals surface area (Å²) in [4.78, 5) is 17.1. The van der Waals surface area contributed by atoms with Gasteiger partial charge >= 0.3 is 0 Å². The third-order valence-corrected chi connectivity index (χ3v) is 5.44. The Bertz CT molecular complexity index is 488. The van der Waals surface area contributed by atoms with E-state index >= 15 is 0 Å². The van der Waals surface area contributed by atoms with Crippen LogP contribution in [0.2, 0.25) is 0 Å². The van der Waals surface area contributed by atoms with Crippen LogP contribution in [0.1, 0.15) is 29.6 Å². The molecule has 0 aromatic heterocycles. The Morgan fingerprint density at radius 2 is 1.95 bits per heavy atom. The number of halogens is 1. The van der Waals surface area contributed by atoms with Gasteiger partial charge in [-0.3, -0.25) is 4.79 Å². The summed E-state index contributed by atoms with van der Waals surface area (Å²) in [5.41, 5.74) is 0.827. The van der Waals surface area contributed by atoms with E-state index in [1.54, 1.807) is 0 Å². The van der Waals surface area contributed by atoms with E-state index in [1.807, 2.05) is 24.3 Å². The molecule has 4 heteroatoms. The lowest BCUT2D eigenvalue weighted by molar-refractivity contribution is 0.0317. The van der Waals surface area contributed by atoms with Crippen molar-refractivity contribution in [2.24, 2.45) is 5.92 Å². The van der Waals surface area contributed by atoms with Crippen molar-refractivity contribution in [3.05, 3.63) is 33.4 Å². The number of carbonyl (C=O) groups is 1. The van der Waals surface area contributed by atoms with Gasteiger partial charge in [0.25, 0.3) is 5.91 Å². The lowest BCUT2D eigenvalue weighted by Gasteiger charge is -2.46. The molecule has 2 atom stereocenters. The summed E-state index contributed by atoms with van der Waals surface area (Å²) in [6.45, 7) is 3.04. The van der Waals surface area contributed by atoms with Gasteiger partial charge in [-0.15, -0.1) is 0 Å². The number of piperidine rings is 2. The minimum Gasteiger partial charge on any atom is -0.338 e. The van der Waals surface area contributed by atoms with Crippen LogP contribution in [0.4, 0.5) is 0 Å². The van der Waals surface area contributed by atoms with E-state index in [1.165, 1.54) is 23.0 Å². The van der Waals surface area contributed by atoms with Gasteiger partial charge in [-0.2, -0.15) is 0 Å². The van der Waals surface area contributed by atoms with Gasteiger partial charge in [0.2, 0.25) is 0 Å².